The number of nitrogens with two attached hydrogens (primary N) is 1. The van der Waals surface area contributed by atoms with Gasteiger partial charge in [0.25, 0.3) is 0 Å². The van der Waals surface area contributed by atoms with E-state index in [0.717, 1.165) is 149 Å². The van der Waals surface area contributed by atoms with Gasteiger partial charge in [0.05, 0.1) is 51.8 Å². The molecule has 0 bridgehead atoms. The van der Waals surface area contributed by atoms with Crippen LogP contribution in [0, 0.1) is 0 Å². The number of phenolic OH excluding ortho intramolecular Hbond substituents is 2. The van der Waals surface area contributed by atoms with Crippen molar-refractivity contribution in [3.8, 4) is 46.0 Å². The Kier molecular flexibility index (Phi) is 79.6. The zero-order chi connectivity index (χ0) is 92.9. The van der Waals surface area contributed by atoms with E-state index in [1.54, 1.807) is 26.8 Å². The van der Waals surface area contributed by atoms with Crippen LogP contribution in [-0.2, 0) is 23.7 Å². The van der Waals surface area contributed by atoms with Crippen molar-refractivity contribution in [3.63, 3.8) is 0 Å². The van der Waals surface area contributed by atoms with Gasteiger partial charge in [0.1, 0.15) is 96.2 Å². The number of likely N-dealkylation sites (N-methyl/N-ethyl adjacent to an activating group) is 1. The number of nitrogens with zero attached hydrogens (tertiary/aromatic N) is 1. The maximum atomic E-state index is 12.3. The number of benzene rings is 4. The first-order valence-corrected chi connectivity index (χ1v) is 39.1. The number of aliphatic hydroxyl groups is 3. The molecule has 4 aromatic rings. The second-order valence-electron chi connectivity index (χ2n) is 29.1. The van der Waals surface area contributed by atoms with Gasteiger partial charge in [0, 0.05) is 77.8 Å². The molecule has 4 rings (SSSR count). The topological polar surface area (TPSA) is 589 Å². The minimum atomic E-state index is -1.47. The number of aliphatic hydroxyl groups excluding tert-OH is 3. The number of carbonyl (C=O) groups excluding carboxylic acids is 7. The number of carboxylic acids is 4. The van der Waals surface area contributed by atoms with Crippen molar-refractivity contribution in [3.05, 3.63) is 93.0 Å². The molecule has 37 nitrogen and oxygen atoms in total. The SMILES string of the molecule is C.C.C.CC(C)(C)OC(=O)NCCCCCO.CCCCCCOc1cc(OCCCCCNC(=O)OC(C)(C)C)c(C(=O)O)cc1C(=O)O.CCCCCCOc1cc(OCCCCCNC(=O)OC(C)(C)C)c(C(=O)OC)cc1C(C)=O.CN(C)CCN.CO.CO.COC(=O)c1cc(C(C)=O)c(O)cc1O.O=C(O)c1cc(C(=O)O)c(O)cc1O.[Li+].[OH-]. The molecule has 0 saturated carbocycles. The minimum Gasteiger partial charge on any atom is -0.870 e. The fourth-order valence-electron chi connectivity index (χ4n) is 9.31. The smallest absolute Gasteiger partial charge is 0.870 e. The van der Waals surface area contributed by atoms with Gasteiger partial charge in [0.2, 0.25) is 0 Å². The molecule has 0 aliphatic heterocycles. The molecule has 0 unspecified atom stereocenters. The number of alkyl carbamates (subject to hydrolysis) is 3. The van der Waals surface area contributed by atoms with Crippen LogP contribution in [0.5, 0.6) is 46.0 Å². The number of phenols is 4. The van der Waals surface area contributed by atoms with Crippen molar-refractivity contribution in [1.82, 2.24) is 20.9 Å². The van der Waals surface area contributed by atoms with Crippen molar-refractivity contribution in [1.29, 1.82) is 0 Å². The Bertz CT molecular complexity index is 3690. The molecular weight excluding hydrogens is 1630 g/mol. The summed E-state index contributed by atoms with van der Waals surface area (Å²) in [5.41, 5.74) is 2.45. The fourth-order valence-corrected chi connectivity index (χ4v) is 9.31. The summed E-state index contributed by atoms with van der Waals surface area (Å²) in [6, 6.07) is 8.90. The van der Waals surface area contributed by atoms with E-state index in [1.165, 1.54) is 33.1 Å². The van der Waals surface area contributed by atoms with Crippen LogP contribution in [0.1, 0.15) is 304 Å². The van der Waals surface area contributed by atoms with Crippen LogP contribution in [0.4, 0.5) is 14.4 Å². The molecule has 0 aliphatic carbocycles. The Hall–Kier alpha value is -10.4. The molecule has 0 saturated heterocycles. The van der Waals surface area contributed by atoms with Crippen LogP contribution in [0.25, 0.3) is 0 Å². The van der Waals surface area contributed by atoms with Crippen molar-refractivity contribution in [2.45, 2.75) is 238 Å². The summed E-state index contributed by atoms with van der Waals surface area (Å²) in [6.07, 6.45) is 13.8. The Morgan fingerprint density at radius 3 is 0.896 bits per heavy atom. The van der Waals surface area contributed by atoms with Gasteiger partial charge in [-0.1, -0.05) is 74.7 Å². The summed E-state index contributed by atoms with van der Waals surface area (Å²) in [7, 11) is 8.46. The number of esters is 2. The molecular formula is C87H148LiN5O32. The first kappa shape index (κ1) is 133. The van der Waals surface area contributed by atoms with Gasteiger partial charge in [0.15, 0.2) is 11.6 Å². The van der Waals surface area contributed by atoms with Crippen LogP contribution in [0.15, 0.2) is 48.5 Å². The van der Waals surface area contributed by atoms with Crippen LogP contribution in [0.3, 0.4) is 0 Å². The minimum absolute atomic E-state index is 0. The molecule has 0 spiro atoms. The van der Waals surface area contributed by atoms with E-state index in [2.05, 4.69) is 39.4 Å². The molecule has 0 fully saturated rings. The summed E-state index contributed by atoms with van der Waals surface area (Å²) >= 11 is 0. The number of carbonyl (C=O) groups is 11. The van der Waals surface area contributed by atoms with Crippen LogP contribution in [-0.4, -0.2) is 257 Å². The number of ketones is 2. The molecule has 0 aromatic heterocycles. The number of Topliss-reactive ketones (excluding diaryl/α,β-unsaturated/α-hetero) is 2. The van der Waals surface area contributed by atoms with Crippen molar-refractivity contribution in [2.75, 3.05) is 108 Å². The number of aromatic carboxylic acids is 4. The Morgan fingerprint density at radius 1 is 0.376 bits per heavy atom. The molecule has 714 valence electrons. The molecule has 0 radical (unpaired) electrons. The van der Waals surface area contributed by atoms with Gasteiger partial charge < -0.3 is 131 Å². The maximum Gasteiger partial charge on any atom is 1.00 e. The zero-order valence-corrected chi connectivity index (χ0v) is 74.8. The quantitative estimate of drug-likeness (QED) is 0.00645. The van der Waals surface area contributed by atoms with Gasteiger partial charge >= 0.3 is 73.0 Å². The fraction of sp³-hybridized carbons (Fsp3) is 0.598. The molecule has 125 heavy (non-hydrogen) atoms. The normalized spacial score (nSPS) is 9.98. The summed E-state index contributed by atoms with van der Waals surface area (Å²) in [5.74, 6) is -8.66. The van der Waals surface area contributed by atoms with E-state index >= 15 is 0 Å². The number of unbranched alkanes of at least 4 members (excludes halogenated alkanes) is 12. The molecule has 0 heterocycles. The summed E-state index contributed by atoms with van der Waals surface area (Å²) < 4.78 is 47.7. The van der Waals surface area contributed by atoms with Crippen LogP contribution < -0.4 is 59.5 Å². The Labute approximate surface area is 750 Å². The third-order valence-electron chi connectivity index (χ3n) is 15.0. The Morgan fingerprint density at radius 2 is 0.632 bits per heavy atom. The summed E-state index contributed by atoms with van der Waals surface area (Å²) in [6.45, 7) is 28.2. The second-order valence-corrected chi connectivity index (χ2v) is 29.1. The monoisotopic (exact) mass is 1780 g/mol. The number of hydrogen-bond acceptors (Lipinski definition) is 30. The van der Waals surface area contributed by atoms with Gasteiger partial charge in [-0.3, -0.25) is 9.59 Å². The standard InChI is InChI=1S/C26H41NO7.C24H37NO8.C10H21NO3.C10H10O5.C8H6O6.C4H12N2.2CH4O.3CH4.Li.H2O/c1-7-8-9-12-15-32-22-18-23(21(24(29)31-6)17-20(22)19(2)28)33-16-13-10-11-14-27-25(30)34-26(3,4)5;1-5-6-7-10-13-31-19-16-20(18(22(28)29)15-17(19)21(26)27)32-14-11-8-9-12-25-23(30)33-24(2,3)4;1-10(2,3)14-9(13)11-7-5-4-6-8-12;1-5(11)6-3-7(10(14)15-2)9(13)4-8(6)12;9-5-2-6(10)4(8(13)14)1-3(5)7(11)12;1-6(2)4-3-5;2*1-2;;;;;/h17-18H,7-16H2,1-6H3,(H,27,30);15-16H,5-14H2,1-4H3,(H,25,30)(H,26,27)(H,28,29);12H,4-8H2,1-3H3,(H,11,13);3-4,12-13H,1-2H3;1-2,9-10H,(H,11,12)(H,13,14);3-5H2,1-2H3;2*2H,1H3;3*1H4;;1H2/q;;;;;;;;;;;+1;/p-1. The van der Waals surface area contributed by atoms with Gasteiger partial charge in [-0.2, -0.15) is 0 Å². The predicted molar refractivity (Wildman–Crippen MR) is 471 cm³/mol. The van der Waals surface area contributed by atoms with Crippen molar-refractivity contribution in [2.24, 2.45) is 5.73 Å². The average molecular weight is 1780 g/mol. The maximum absolute atomic E-state index is 12.3. The van der Waals surface area contributed by atoms with E-state index in [1.807, 2.05) is 55.6 Å². The van der Waals surface area contributed by atoms with Crippen molar-refractivity contribution < 1.29 is 176 Å². The molecule has 17 N–H and O–H groups in total. The first-order chi connectivity index (χ1) is 56.3. The molecule has 0 aliphatic rings. The van der Waals surface area contributed by atoms with Crippen molar-refractivity contribution >= 4 is 65.7 Å². The zero-order valence-electron chi connectivity index (χ0n) is 74.8. The number of carboxylic acid groups (broad SMARTS) is 4. The molecule has 3 amide bonds. The Balaban J connectivity index is -0.000000194. The second kappa shape index (κ2) is 75.0. The first-order valence-electron chi connectivity index (χ1n) is 39.1. The van der Waals surface area contributed by atoms with E-state index in [0.29, 0.717) is 81.5 Å². The van der Waals surface area contributed by atoms with E-state index < -0.39 is 99.0 Å². The van der Waals surface area contributed by atoms with E-state index in [9.17, 15) is 73.2 Å². The van der Waals surface area contributed by atoms with Gasteiger partial charge in [-0.15, -0.1) is 0 Å². The number of nitrogens with one attached hydrogen (secondary N) is 3. The van der Waals surface area contributed by atoms with Crippen LogP contribution >= 0.6 is 0 Å². The molecule has 38 heteroatoms. The third kappa shape index (κ3) is 64.1. The molecule has 0 atom stereocenters. The van der Waals surface area contributed by atoms with Gasteiger partial charge in [-0.05, 0) is 185 Å². The van der Waals surface area contributed by atoms with E-state index in [-0.39, 0.29) is 117 Å². The van der Waals surface area contributed by atoms with Gasteiger partial charge in [-0.25, -0.2) is 43.2 Å². The number of hydrogen-bond donors (Lipinski definition) is 15. The molecule has 4 aromatic carbocycles. The number of amides is 3. The largest absolute Gasteiger partial charge is 1.00 e. The summed E-state index contributed by atoms with van der Waals surface area (Å²) in [5, 5.41) is 103. The number of aromatic hydroxyl groups is 4. The number of rotatable bonds is 41. The average Bonchev–Trinajstić information content (AvgIpc) is 0.827. The van der Waals surface area contributed by atoms with E-state index in [4.69, 9.17) is 79.4 Å². The predicted octanol–water partition coefficient (Wildman–Crippen LogP) is 11.5. The summed E-state index contributed by atoms with van der Waals surface area (Å²) in [4.78, 5) is 127. The third-order valence-corrected chi connectivity index (χ3v) is 15.0. The van der Waals surface area contributed by atoms with Crippen LogP contribution in [0.2, 0.25) is 0 Å². The number of ether oxygens (including phenoxy) is 9. The number of methoxy groups -OCH3 is 2.